The topological polar surface area (TPSA) is 83.5 Å². The van der Waals surface area contributed by atoms with E-state index in [9.17, 15) is 4.79 Å². The molecule has 0 aliphatic carbocycles. The number of aliphatic hydroxyl groups is 1. The molecule has 0 aromatic heterocycles. The van der Waals surface area contributed by atoms with Gasteiger partial charge in [0.05, 0.1) is 12.5 Å². The SMILES string of the molecule is CC(N)C(O)CC(=O)O.Cl. The van der Waals surface area contributed by atoms with Crippen molar-refractivity contribution in [2.24, 2.45) is 5.73 Å². The van der Waals surface area contributed by atoms with Crippen LogP contribution in [0.2, 0.25) is 0 Å². The second-order valence-electron chi connectivity index (χ2n) is 2.02. The second-order valence-corrected chi connectivity index (χ2v) is 2.02. The third kappa shape index (κ3) is 5.81. The molecule has 4 N–H and O–H groups in total. The number of aliphatic hydroxyl groups excluding tert-OH is 1. The summed E-state index contributed by atoms with van der Waals surface area (Å²) in [7, 11) is 0. The summed E-state index contributed by atoms with van der Waals surface area (Å²) in [6.45, 7) is 1.56. The number of carbonyl (C=O) groups is 1. The van der Waals surface area contributed by atoms with Crippen molar-refractivity contribution in [3.05, 3.63) is 0 Å². The summed E-state index contributed by atoms with van der Waals surface area (Å²) in [6, 6.07) is -0.471. The van der Waals surface area contributed by atoms with Crippen LogP contribution < -0.4 is 5.73 Å². The van der Waals surface area contributed by atoms with Crippen molar-refractivity contribution in [1.82, 2.24) is 0 Å². The standard InChI is InChI=1S/C5H11NO3.ClH/c1-3(6)4(7)2-5(8)9;/h3-4,7H,2,6H2,1H3,(H,8,9);1H. The Morgan fingerprint density at radius 2 is 2.10 bits per heavy atom. The molecule has 5 heteroatoms. The number of carboxylic acids is 1. The predicted molar refractivity (Wildman–Crippen MR) is 39.2 cm³/mol. The van der Waals surface area contributed by atoms with Crippen LogP contribution in [-0.2, 0) is 4.79 Å². The number of nitrogens with two attached hydrogens (primary N) is 1. The van der Waals surface area contributed by atoms with Crippen LogP contribution in [0.4, 0.5) is 0 Å². The predicted octanol–water partition coefficient (Wildman–Crippen LogP) is -0.409. The van der Waals surface area contributed by atoms with Gasteiger partial charge in [0.2, 0.25) is 0 Å². The molecule has 0 aliphatic rings. The van der Waals surface area contributed by atoms with Gasteiger partial charge in [-0.15, -0.1) is 12.4 Å². The average molecular weight is 170 g/mol. The molecule has 4 nitrogen and oxygen atoms in total. The molecule has 0 aliphatic heterocycles. The Labute approximate surface area is 65.4 Å². The van der Waals surface area contributed by atoms with Crippen molar-refractivity contribution < 1.29 is 15.0 Å². The van der Waals surface area contributed by atoms with Crippen molar-refractivity contribution in [1.29, 1.82) is 0 Å². The molecule has 10 heavy (non-hydrogen) atoms. The van der Waals surface area contributed by atoms with E-state index in [4.69, 9.17) is 15.9 Å². The molecule has 0 bridgehead atoms. The molecule has 0 aromatic rings. The lowest BCUT2D eigenvalue weighted by Gasteiger charge is -2.10. The van der Waals surface area contributed by atoms with Crippen LogP contribution in [0.1, 0.15) is 13.3 Å². The van der Waals surface area contributed by atoms with Crippen LogP contribution in [0.25, 0.3) is 0 Å². The summed E-state index contributed by atoms with van der Waals surface area (Å²) < 4.78 is 0. The van der Waals surface area contributed by atoms with E-state index >= 15 is 0 Å². The Morgan fingerprint density at radius 1 is 1.70 bits per heavy atom. The summed E-state index contributed by atoms with van der Waals surface area (Å²) >= 11 is 0. The van der Waals surface area contributed by atoms with Crippen molar-refractivity contribution >= 4 is 18.4 Å². The zero-order valence-electron chi connectivity index (χ0n) is 5.65. The highest BCUT2D eigenvalue weighted by molar-refractivity contribution is 5.85. The van der Waals surface area contributed by atoms with Gasteiger partial charge in [-0.2, -0.15) is 0 Å². The van der Waals surface area contributed by atoms with Crippen LogP contribution in [-0.4, -0.2) is 28.3 Å². The Morgan fingerprint density at radius 3 is 2.20 bits per heavy atom. The number of hydrogen-bond donors (Lipinski definition) is 3. The molecule has 62 valence electrons. The highest BCUT2D eigenvalue weighted by Gasteiger charge is 2.12. The summed E-state index contributed by atoms with van der Waals surface area (Å²) in [4.78, 5) is 9.90. The number of aliphatic carboxylic acids is 1. The first-order chi connectivity index (χ1) is 4.04. The molecule has 0 saturated carbocycles. The van der Waals surface area contributed by atoms with Gasteiger partial charge in [0.15, 0.2) is 0 Å². The molecular formula is C5H12ClNO3. The van der Waals surface area contributed by atoms with Crippen molar-refractivity contribution in [2.45, 2.75) is 25.5 Å². The number of rotatable bonds is 3. The zero-order valence-corrected chi connectivity index (χ0v) is 6.47. The van der Waals surface area contributed by atoms with E-state index in [1.807, 2.05) is 0 Å². The molecule has 0 spiro atoms. The van der Waals surface area contributed by atoms with Gasteiger partial charge in [-0.1, -0.05) is 0 Å². The zero-order chi connectivity index (χ0) is 7.44. The molecular weight excluding hydrogens is 158 g/mol. The summed E-state index contributed by atoms with van der Waals surface area (Å²) in [5.41, 5.74) is 5.17. The van der Waals surface area contributed by atoms with Gasteiger partial charge < -0.3 is 15.9 Å². The van der Waals surface area contributed by atoms with E-state index in [2.05, 4.69) is 0 Å². The molecule has 0 heterocycles. The smallest absolute Gasteiger partial charge is 0.306 e. The minimum absolute atomic E-state index is 0. The average Bonchev–Trinajstić information content (AvgIpc) is 1.63. The van der Waals surface area contributed by atoms with Crippen LogP contribution >= 0.6 is 12.4 Å². The lowest BCUT2D eigenvalue weighted by atomic mass is 10.1. The van der Waals surface area contributed by atoms with Gasteiger partial charge in [0, 0.05) is 6.04 Å². The number of carboxylic acid groups (broad SMARTS) is 1. The Balaban J connectivity index is 0. The van der Waals surface area contributed by atoms with Crippen molar-refractivity contribution in [2.75, 3.05) is 0 Å². The largest absolute Gasteiger partial charge is 0.481 e. The van der Waals surface area contributed by atoms with Crippen LogP contribution in [0.5, 0.6) is 0 Å². The van der Waals surface area contributed by atoms with E-state index in [1.165, 1.54) is 0 Å². The molecule has 2 unspecified atom stereocenters. The number of hydrogen-bond acceptors (Lipinski definition) is 3. The van der Waals surface area contributed by atoms with E-state index < -0.39 is 18.1 Å². The van der Waals surface area contributed by atoms with Gasteiger partial charge in [-0.3, -0.25) is 4.79 Å². The maximum atomic E-state index is 9.90. The molecule has 2 atom stereocenters. The Kier molecular flexibility index (Phi) is 6.76. The highest BCUT2D eigenvalue weighted by atomic mass is 35.5. The normalized spacial score (nSPS) is 15.1. The molecule has 0 amide bonds. The quantitative estimate of drug-likeness (QED) is 0.537. The first-order valence-corrected chi connectivity index (χ1v) is 2.69. The second kappa shape index (κ2) is 5.46. The number of halogens is 1. The summed E-state index contributed by atoms with van der Waals surface area (Å²) in [6.07, 6.45) is -1.21. The minimum Gasteiger partial charge on any atom is -0.481 e. The molecule has 0 saturated heterocycles. The first kappa shape index (κ1) is 12.4. The maximum Gasteiger partial charge on any atom is 0.306 e. The molecule has 0 aromatic carbocycles. The van der Waals surface area contributed by atoms with Crippen LogP contribution in [0.3, 0.4) is 0 Å². The fraction of sp³-hybridized carbons (Fsp3) is 0.800. The Hall–Kier alpha value is -0.320. The van der Waals surface area contributed by atoms with E-state index in [-0.39, 0.29) is 18.8 Å². The molecule has 0 fully saturated rings. The fourth-order valence-electron chi connectivity index (χ4n) is 0.365. The Bertz CT molecular complexity index is 107. The highest BCUT2D eigenvalue weighted by Crippen LogP contribution is 1.94. The van der Waals surface area contributed by atoms with Gasteiger partial charge >= 0.3 is 5.97 Å². The van der Waals surface area contributed by atoms with Gasteiger partial charge in [0.1, 0.15) is 0 Å². The van der Waals surface area contributed by atoms with Gasteiger partial charge in [0.25, 0.3) is 0 Å². The van der Waals surface area contributed by atoms with Gasteiger partial charge in [-0.25, -0.2) is 0 Å². The monoisotopic (exact) mass is 169 g/mol. The maximum absolute atomic E-state index is 9.90. The third-order valence-electron chi connectivity index (χ3n) is 0.991. The molecule has 0 radical (unpaired) electrons. The minimum atomic E-state index is -1.03. The van der Waals surface area contributed by atoms with Crippen molar-refractivity contribution in [3.63, 3.8) is 0 Å². The van der Waals surface area contributed by atoms with E-state index in [0.29, 0.717) is 0 Å². The van der Waals surface area contributed by atoms with Crippen LogP contribution in [0, 0.1) is 0 Å². The first-order valence-electron chi connectivity index (χ1n) is 2.69. The van der Waals surface area contributed by atoms with Gasteiger partial charge in [-0.05, 0) is 6.92 Å². The van der Waals surface area contributed by atoms with E-state index in [1.54, 1.807) is 6.92 Å². The lowest BCUT2D eigenvalue weighted by molar-refractivity contribution is -0.139. The van der Waals surface area contributed by atoms with Crippen molar-refractivity contribution in [3.8, 4) is 0 Å². The lowest BCUT2D eigenvalue weighted by Crippen LogP contribution is -2.33. The van der Waals surface area contributed by atoms with Crippen LogP contribution in [0.15, 0.2) is 0 Å². The molecule has 0 rings (SSSR count). The summed E-state index contributed by atoms with van der Waals surface area (Å²) in [5.74, 6) is -1.03. The summed E-state index contributed by atoms with van der Waals surface area (Å²) in [5, 5.41) is 16.9. The van der Waals surface area contributed by atoms with E-state index in [0.717, 1.165) is 0 Å². The third-order valence-corrected chi connectivity index (χ3v) is 0.991. The fourth-order valence-corrected chi connectivity index (χ4v) is 0.365.